The standard InChI is InChI=1S/C14H28N2S/c1-4-5-14(6-7-15-10-14)11-16-8-9-17-13(3)12(16)2/h12-13,15H,4-11H2,1-3H3. The summed E-state index contributed by atoms with van der Waals surface area (Å²) in [6.07, 6.45) is 4.10. The number of nitrogens with one attached hydrogen (secondary N) is 1. The van der Waals surface area contributed by atoms with Crippen LogP contribution in [-0.2, 0) is 0 Å². The van der Waals surface area contributed by atoms with Crippen molar-refractivity contribution in [2.75, 3.05) is 31.9 Å². The van der Waals surface area contributed by atoms with Crippen LogP contribution in [0.5, 0.6) is 0 Å². The smallest absolute Gasteiger partial charge is 0.0184 e. The van der Waals surface area contributed by atoms with Crippen LogP contribution in [0.2, 0.25) is 0 Å². The minimum absolute atomic E-state index is 0.574. The van der Waals surface area contributed by atoms with Crippen LogP contribution in [-0.4, -0.2) is 48.1 Å². The summed E-state index contributed by atoms with van der Waals surface area (Å²) in [4.78, 5) is 2.75. The molecule has 0 aromatic carbocycles. The quantitative estimate of drug-likeness (QED) is 0.832. The highest BCUT2D eigenvalue weighted by Crippen LogP contribution is 2.35. The molecule has 2 aliphatic heterocycles. The van der Waals surface area contributed by atoms with Crippen molar-refractivity contribution in [3.8, 4) is 0 Å². The molecule has 17 heavy (non-hydrogen) atoms. The Kier molecular flexibility index (Phi) is 4.79. The van der Waals surface area contributed by atoms with E-state index in [0.717, 1.165) is 11.3 Å². The summed E-state index contributed by atoms with van der Waals surface area (Å²) in [7, 11) is 0. The lowest BCUT2D eigenvalue weighted by Crippen LogP contribution is -2.50. The van der Waals surface area contributed by atoms with Gasteiger partial charge in [-0.25, -0.2) is 0 Å². The van der Waals surface area contributed by atoms with Gasteiger partial charge in [0.05, 0.1) is 0 Å². The summed E-state index contributed by atoms with van der Waals surface area (Å²) in [6, 6.07) is 0.753. The molecule has 3 heteroatoms. The Labute approximate surface area is 111 Å². The van der Waals surface area contributed by atoms with Crippen molar-refractivity contribution in [1.82, 2.24) is 10.2 Å². The molecule has 2 saturated heterocycles. The van der Waals surface area contributed by atoms with Crippen molar-refractivity contribution in [1.29, 1.82) is 0 Å². The van der Waals surface area contributed by atoms with Crippen LogP contribution in [0.25, 0.3) is 0 Å². The lowest BCUT2D eigenvalue weighted by molar-refractivity contribution is 0.120. The first kappa shape index (κ1) is 13.7. The van der Waals surface area contributed by atoms with Crippen molar-refractivity contribution in [2.24, 2.45) is 5.41 Å². The third kappa shape index (κ3) is 3.18. The molecule has 3 unspecified atom stereocenters. The van der Waals surface area contributed by atoms with E-state index in [0.29, 0.717) is 5.41 Å². The second-order valence-electron chi connectivity index (χ2n) is 5.96. The molecule has 2 rings (SSSR count). The number of hydrogen-bond donors (Lipinski definition) is 1. The molecule has 2 heterocycles. The van der Waals surface area contributed by atoms with Crippen molar-refractivity contribution >= 4 is 11.8 Å². The highest BCUT2D eigenvalue weighted by atomic mass is 32.2. The van der Waals surface area contributed by atoms with Crippen LogP contribution in [0, 0.1) is 5.41 Å². The average molecular weight is 256 g/mol. The van der Waals surface area contributed by atoms with Crippen LogP contribution in [0.4, 0.5) is 0 Å². The van der Waals surface area contributed by atoms with Gasteiger partial charge in [0, 0.05) is 36.7 Å². The van der Waals surface area contributed by atoms with E-state index in [1.807, 2.05) is 0 Å². The highest BCUT2D eigenvalue weighted by Gasteiger charge is 2.37. The fourth-order valence-corrected chi connectivity index (χ4v) is 4.57. The molecule has 0 radical (unpaired) electrons. The molecule has 0 aromatic heterocycles. The van der Waals surface area contributed by atoms with Gasteiger partial charge in [-0.3, -0.25) is 4.90 Å². The zero-order chi connectivity index (χ0) is 12.3. The largest absolute Gasteiger partial charge is 0.316 e. The molecule has 1 N–H and O–H groups in total. The second kappa shape index (κ2) is 5.94. The van der Waals surface area contributed by atoms with Gasteiger partial charge in [-0.05, 0) is 31.7 Å². The van der Waals surface area contributed by atoms with E-state index < -0.39 is 0 Å². The van der Waals surface area contributed by atoms with E-state index >= 15 is 0 Å². The van der Waals surface area contributed by atoms with E-state index in [1.54, 1.807) is 0 Å². The van der Waals surface area contributed by atoms with Gasteiger partial charge in [-0.1, -0.05) is 20.3 Å². The van der Waals surface area contributed by atoms with Gasteiger partial charge in [0.25, 0.3) is 0 Å². The number of rotatable bonds is 4. The van der Waals surface area contributed by atoms with Crippen LogP contribution < -0.4 is 5.32 Å². The lowest BCUT2D eigenvalue weighted by atomic mass is 9.81. The zero-order valence-electron chi connectivity index (χ0n) is 11.7. The first-order chi connectivity index (χ1) is 8.17. The molecular formula is C14H28N2S. The summed E-state index contributed by atoms with van der Waals surface area (Å²) < 4.78 is 0. The van der Waals surface area contributed by atoms with E-state index in [2.05, 4.69) is 42.7 Å². The maximum absolute atomic E-state index is 3.58. The van der Waals surface area contributed by atoms with Crippen LogP contribution in [0.3, 0.4) is 0 Å². The first-order valence-electron chi connectivity index (χ1n) is 7.23. The molecular weight excluding hydrogens is 228 g/mol. The Morgan fingerprint density at radius 2 is 2.24 bits per heavy atom. The highest BCUT2D eigenvalue weighted by molar-refractivity contribution is 8.00. The number of thioether (sulfide) groups is 1. The minimum Gasteiger partial charge on any atom is -0.316 e. The molecule has 3 atom stereocenters. The van der Waals surface area contributed by atoms with Crippen molar-refractivity contribution < 1.29 is 0 Å². The summed E-state index contributed by atoms with van der Waals surface area (Å²) in [5, 5.41) is 4.38. The maximum atomic E-state index is 3.58. The third-order valence-electron chi connectivity index (χ3n) is 4.67. The van der Waals surface area contributed by atoms with Crippen LogP contribution in [0.1, 0.15) is 40.0 Å². The van der Waals surface area contributed by atoms with Gasteiger partial charge in [0.15, 0.2) is 0 Å². The molecule has 2 nitrogen and oxygen atoms in total. The summed E-state index contributed by atoms with van der Waals surface area (Å²) >= 11 is 2.14. The Balaban J connectivity index is 1.97. The minimum atomic E-state index is 0.574. The Morgan fingerprint density at radius 3 is 2.88 bits per heavy atom. The van der Waals surface area contributed by atoms with Crippen LogP contribution >= 0.6 is 11.8 Å². The molecule has 0 saturated carbocycles. The Morgan fingerprint density at radius 1 is 1.41 bits per heavy atom. The van der Waals surface area contributed by atoms with Crippen molar-refractivity contribution in [2.45, 2.75) is 51.3 Å². The summed E-state index contributed by atoms with van der Waals surface area (Å²) in [6.45, 7) is 12.2. The molecule has 0 aromatic rings. The van der Waals surface area contributed by atoms with E-state index in [9.17, 15) is 0 Å². The molecule has 2 fully saturated rings. The van der Waals surface area contributed by atoms with Gasteiger partial charge in [0.2, 0.25) is 0 Å². The maximum Gasteiger partial charge on any atom is 0.0184 e. The predicted octanol–water partition coefficient (Wildman–Crippen LogP) is 2.59. The third-order valence-corrected chi connectivity index (χ3v) is 6.00. The molecule has 0 amide bonds. The van der Waals surface area contributed by atoms with Gasteiger partial charge in [-0.15, -0.1) is 0 Å². The first-order valence-corrected chi connectivity index (χ1v) is 8.28. The molecule has 2 aliphatic rings. The Bertz CT molecular complexity index is 238. The van der Waals surface area contributed by atoms with E-state index in [1.165, 1.54) is 51.2 Å². The van der Waals surface area contributed by atoms with Crippen LogP contribution in [0.15, 0.2) is 0 Å². The topological polar surface area (TPSA) is 15.3 Å². The molecule has 0 bridgehead atoms. The molecule has 0 spiro atoms. The summed E-state index contributed by atoms with van der Waals surface area (Å²) in [5.74, 6) is 1.32. The van der Waals surface area contributed by atoms with E-state index in [-0.39, 0.29) is 0 Å². The Hall–Kier alpha value is 0.270. The fraction of sp³-hybridized carbons (Fsp3) is 1.00. The normalized spacial score (nSPS) is 39.7. The van der Waals surface area contributed by atoms with Gasteiger partial charge in [0.1, 0.15) is 0 Å². The predicted molar refractivity (Wildman–Crippen MR) is 77.8 cm³/mol. The molecule has 100 valence electrons. The second-order valence-corrected chi connectivity index (χ2v) is 7.45. The molecule has 0 aliphatic carbocycles. The fourth-order valence-electron chi connectivity index (χ4n) is 3.40. The van der Waals surface area contributed by atoms with E-state index in [4.69, 9.17) is 0 Å². The number of hydrogen-bond acceptors (Lipinski definition) is 3. The van der Waals surface area contributed by atoms with Gasteiger partial charge < -0.3 is 5.32 Å². The zero-order valence-corrected chi connectivity index (χ0v) is 12.5. The van der Waals surface area contributed by atoms with Crippen molar-refractivity contribution in [3.63, 3.8) is 0 Å². The summed E-state index contributed by atoms with van der Waals surface area (Å²) in [5.41, 5.74) is 0.574. The SMILES string of the molecule is CCCC1(CN2CCSC(C)C2C)CCNC1. The average Bonchev–Trinajstić information content (AvgIpc) is 2.74. The van der Waals surface area contributed by atoms with Gasteiger partial charge >= 0.3 is 0 Å². The van der Waals surface area contributed by atoms with Gasteiger partial charge in [-0.2, -0.15) is 11.8 Å². The van der Waals surface area contributed by atoms with Crippen molar-refractivity contribution in [3.05, 3.63) is 0 Å². The lowest BCUT2D eigenvalue weighted by Gasteiger charge is -2.42. The number of nitrogens with zero attached hydrogens (tertiary/aromatic N) is 1. The monoisotopic (exact) mass is 256 g/mol.